The molecule has 1 heterocycles. The van der Waals surface area contributed by atoms with Crippen molar-refractivity contribution in [2.45, 2.75) is 32.2 Å². The minimum absolute atomic E-state index is 0.358. The van der Waals surface area contributed by atoms with E-state index < -0.39 is 0 Å². The third kappa shape index (κ3) is 4.04. The Balaban J connectivity index is 1.55. The van der Waals surface area contributed by atoms with E-state index in [0.717, 1.165) is 19.6 Å². The number of hydrogen-bond acceptors (Lipinski definition) is 2. The number of piperidine rings is 1. The largest absolute Gasteiger partial charge is 0.366 e. The highest BCUT2D eigenvalue weighted by Crippen LogP contribution is 2.32. The third-order valence-electron chi connectivity index (χ3n) is 5.31. The fourth-order valence-electron chi connectivity index (χ4n) is 3.68. The lowest BCUT2D eigenvalue weighted by Crippen LogP contribution is -2.34. The standard InChI is InChI=1S/C21H26N2O/c1-16(18-7-9-20(10-8-18)21(22)24)19-11-13-23(14-12-19)15-17-5-3-2-4-6-17/h2-10,16,19H,11-15H2,1H3,(H2,22,24). The Morgan fingerprint density at radius 3 is 2.29 bits per heavy atom. The van der Waals surface area contributed by atoms with Crippen LogP contribution in [0.25, 0.3) is 0 Å². The molecule has 3 nitrogen and oxygen atoms in total. The average molecular weight is 322 g/mol. The van der Waals surface area contributed by atoms with Gasteiger partial charge in [-0.05, 0) is 61.0 Å². The summed E-state index contributed by atoms with van der Waals surface area (Å²) in [5, 5.41) is 0. The predicted molar refractivity (Wildman–Crippen MR) is 97.8 cm³/mol. The Hall–Kier alpha value is -2.13. The highest BCUT2D eigenvalue weighted by Gasteiger charge is 2.24. The van der Waals surface area contributed by atoms with Gasteiger partial charge in [-0.15, -0.1) is 0 Å². The lowest BCUT2D eigenvalue weighted by atomic mass is 9.81. The molecule has 3 rings (SSSR count). The van der Waals surface area contributed by atoms with E-state index in [9.17, 15) is 4.79 Å². The molecule has 24 heavy (non-hydrogen) atoms. The Morgan fingerprint density at radius 2 is 1.71 bits per heavy atom. The quantitative estimate of drug-likeness (QED) is 0.910. The van der Waals surface area contributed by atoms with E-state index in [2.05, 4.69) is 54.3 Å². The van der Waals surface area contributed by atoms with E-state index in [4.69, 9.17) is 5.73 Å². The molecule has 0 saturated carbocycles. The van der Waals surface area contributed by atoms with Crippen LogP contribution in [0.15, 0.2) is 54.6 Å². The Labute approximate surface area is 144 Å². The van der Waals surface area contributed by atoms with Gasteiger partial charge in [0.05, 0.1) is 0 Å². The minimum Gasteiger partial charge on any atom is -0.366 e. The van der Waals surface area contributed by atoms with Gasteiger partial charge in [0.2, 0.25) is 5.91 Å². The number of carbonyl (C=O) groups is 1. The molecule has 1 aliphatic rings. The van der Waals surface area contributed by atoms with E-state index in [-0.39, 0.29) is 5.91 Å². The Morgan fingerprint density at radius 1 is 1.08 bits per heavy atom. The van der Waals surface area contributed by atoms with Gasteiger partial charge in [-0.2, -0.15) is 0 Å². The van der Waals surface area contributed by atoms with Crippen molar-refractivity contribution in [3.8, 4) is 0 Å². The summed E-state index contributed by atoms with van der Waals surface area (Å²) in [6, 6.07) is 18.5. The van der Waals surface area contributed by atoms with Gasteiger partial charge in [-0.3, -0.25) is 9.69 Å². The molecular formula is C21H26N2O. The number of benzene rings is 2. The topological polar surface area (TPSA) is 46.3 Å². The van der Waals surface area contributed by atoms with Crippen molar-refractivity contribution < 1.29 is 4.79 Å². The maximum Gasteiger partial charge on any atom is 0.248 e. The normalized spacial score (nSPS) is 17.5. The summed E-state index contributed by atoms with van der Waals surface area (Å²) in [4.78, 5) is 13.7. The van der Waals surface area contributed by atoms with Crippen molar-refractivity contribution in [1.82, 2.24) is 4.90 Å². The highest BCUT2D eigenvalue weighted by molar-refractivity contribution is 5.92. The summed E-state index contributed by atoms with van der Waals surface area (Å²) in [7, 11) is 0. The molecule has 1 unspecified atom stereocenters. The number of primary amides is 1. The van der Waals surface area contributed by atoms with Gasteiger partial charge in [-0.1, -0.05) is 49.4 Å². The molecule has 0 aromatic heterocycles. The molecule has 1 aliphatic heterocycles. The zero-order valence-corrected chi connectivity index (χ0v) is 14.3. The van der Waals surface area contributed by atoms with Crippen molar-refractivity contribution in [1.29, 1.82) is 0 Å². The summed E-state index contributed by atoms with van der Waals surface area (Å²) in [5.74, 6) is 0.866. The van der Waals surface area contributed by atoms with E-state index in [1.807, 2.05) is 12.1 Å². The maximum atomic E-state index is 11.2. The van der Waals surface area contributed by atoms with E-state index >= 15 is 0 Å². The minimum atomic E-state index is -0.358. The van der Waals surface area contributed by atoms with Crippen molar-refractivity contribution >= 4 is 5.91 Å². The smallest absolute Gasteiger partial charge is 0.248 e. The van der Waals surface area contributed by atoms with Gasteiger partial charge in [0.1, 0.15) is 0 Å². The van der Waals surface area contributed by atoms with E-state index in [1.165, 1.54) is 24.0 Å². The average Bonchev–Trinajstić information content (AvgIpc) is 2.63. The second-order valence-corrected chi connectivity index (χ2v) is 6.87. The number of nitrogens with zero attached hydrogens (tertiary/aromatic N) is 1. The number of amides is 1. The first-order valence-electron chi connectivity index (χ1n) is 8.79. The predicted octanol–water partition coefficient (Wildman–Crippen LogP) is 3.80. The second kappa shape index (κ2) is 7.63. The number of likely N-dealkylation sites (tertiary alicyclic amines) is 1. The van der Waals surface area contributed by atoms with Gasteiger partial charge >= 0.3 is 0 Å². The zero-order chi connectivity index (χ0) is 16.9. The molecule has 0 aliphatic carbocycles. The van der Waals surface area contributed by atoms with Crippen LogP contribution in [0.4, 0.5) is 0 Å². The van der Waals surface area contributed by atoms with Crippen LogP contribution in [0.1, 0.15) is 47.2 Å². The first-order chi connectivity index (χ1) is 11.6. The lowest BCUT2D eigenvalue weighted by Gasteiger charge is -2.35. The first kappa shape index (κ1) is 16.7. The van der Waals surface area contributed by atoms with Crippen LogP contribution in [0.3, 0.4) is 0 Å². The van der Waals surface area contributed by atoms with Crippen LogP contribution in [-0.4, -0.2) is 23.9 Å². The summed E-state index contributed by atoms with van der Waals surface area (Å²) < 4.78 is 0. The number of nitrogens with two attached hydrogens (primary N) is 1. The highest BCUT2D eigenvalue weighted by atomic mass is 16.1. The van der Waals surface area contributed by atoms with Gasteiger partial charge in [0.15, 0.2) is 0 Å². The van der Waals surface area contributed by atoms with E-state index in [0.29, 0.717) is 17.4 Å². The van der Waals surface area contributed by atoms with Gasteiger partial charge in [0.25, 0.3) is 0 Å². The van der Waals surface area contributed by atoms with Crippen LogP contribution >= 0.6 is 0 Å². The third-order valence-corrected chi connectivity index (χ3v) is 5.31. The van der Waals surface area contributed by atoms with Gasteiger partial charge in [0, 0.05) is 12.1 Å². The number of rotatable bonds is 5. The molecule has 2 N–H and O–H groups in total. The van der Waals surface area contributed by atoms with Crippen LogP contribution < -0.4 is 5.73 Å². The number of carbonyl (C=O) groups excluding carboxylic acids is 1. The van der Waals surface area contributed by atoms with Gasteiger partial charge in [-0.25, -0.2) is 0 Å². The molecule has 1 atom stereocenters. The molecule has 0 spiro atoms. The zero-order valence-electron chi connectivity index (χ0n) is 14.3. The fourth-order valence-corrected chi connectivity index (χ4v) is 3.68. The van der Waals surface area contributed by atoms with Crippen LogP contribution in [0.5, 0.6) is 0 Å². The summed E-state index contributed by atoms with van der Waals surface area (Å²) in [6.45, 7) is 5.67. The fraction of sp³-hybridized carbons (Fsp3) is 0.381. The molecule has 2 aromatic carbocycles. The van der Waals surface area contributed by atoms with Crippen molar-refractivity contribution in [3.05, 3.63) is 71.3 Å². The molecule has 1 saturated heterocycles. The lowest BCUT2D eigenvalue weighted by molar-refractivity contribution is 0.1000. The number of hydrogen-bond donors (Lipinski definition) is 1. The molecule has 2 aromatic rings. The maximum absolute atomic E-state index is 11.2. The Kier molecular flexibility index (Phi) is 5.31. The molecule has 0 radical (unpaired) electrons. The van der Waals surface area contributed by atoms with Crippen LogP contribution in [0.2, 0.25) is 0 Å². The monoisotopic (exact) mass is 322 g/mol. The van der Waals surface area contributed by atoms with Crippen LogP contribution in [-0.2, 0) is 6.54 Å². The van der Waals surface area contributed by atoms with Crippen molar-refractivity contribution in [2.75, 3.05) is 13.1 Å². The van der Waals surface area contributed by atoms with Crippen molar-refractivity contribution in [2.24, 2.45) is 11.7 Å². The first-order valence-corrected chi connectivity index (χ1v) is 8.79. The van der Waals surface area contributed by atoms with Gasteiger partial charge < -0.3 is 5.73 Å². The SMILES string of the molecule is CC(c1ccc(C(N)=O)cc1)C1CCN(Cc2ccccc2)CC1. The summed E-state index contributed by atoms with van der Waals surface area (Å²) in [5.41, 5.74) is 8.60. The molecule has 1 fully saturated rings. The molecular weight excluding hydrogens is 296 g/mol. The van der Waals surface area contributed by atoms with E-state index in [1.54, 1.807) is 0 Å². The second-order valence-electron chi connectivity index (χ2n) is 6.87. The molecule has 3 heteroatoms. The summed E-state index contributed by atoms with van der Waals surface area (Å²) in [6.07, 6.45) is 2.46. The Bertz CT molecular complexity index is 658. The van der Waals surface area contributed by atoms with Crippen LogP contribution in [0, 0.1) is 5.92 Å². The molecule has 1 amide bonds. The molecule has 0 bridgehead atoms. The molecule has 126 valence electrons. The summed E-state index contributed by atoms with van der Waals surface area (Å²) >= 11 is 0. The van der Waals surface area contributed by atoms with Crippen molar-refractivity contribution in [3.63, 3.8) is 0 Å².